The van der Waals surface area contributed by atoms with Crippen LogP contribution in [0, 0.1) is 0 Å². The Labute approximate surface area is 116 Å². The fourth-order valence-corrected chi connectivity index (χ4v) is 1.62. The first-order valence-electron chi connectivity index (χ1n) is 6.61. The second-order valence-corrected chi connectivity index (χ2v) is 4.49. The minimum atomic E-state index is -4.34. The Balaban J connectivity index is 2.33. The van der Waals surface area contributed by atoms with Gasteiger partial charge in [-0.3, -0.25) is 4.79 Å². The molecule has 0 aliphatic carbocycles. The molecule has 0 bridgehead atoms. The Hall–Kier alpha value is -1.72. The highest BCUT2D eigenvalue weighted by atomic mass is 19.4. The summed E-state index contributed by atoms with van der Waals surface area (Å²) in [7, 11) is 0. The minimum absolute atomic E-state index is 0.0531. The van der Waals surface area contributed by atoms with Gasteiger partial charge in [0, 0.05) is 12.2 Å². The van der Waals surface area contributed by atoms with Crippen LogP contribution in [-0.2, 0) is 11.0 Å². The molecule has 1 aromatic rings. The van der Waals surface area contributed by atoms with Crippen LogP contribution in [-0.4, -0.2) is 19.0 Å². The van der Waals surface area contributed by atoms with Gasteiger partial charge in [0.1, 0.15) is 0 Å². The number of hydrogen-bond acceptors (Lipinski definition) is 2. The monoisotopic (exact) mass is 288 g/mol. The lowest BCUT2D eigenvalue weighted by Crippen LogP contribution is -2.30. The molecule has 3 nitrogen and oxygen atoms in total. The lowest BCUT2D eigenvalue weighted by Gasteiger charge is -2.10. The quantitative estimate of drug-likeness (QED) is 0.755. The maximum absolute atomic E-state index is 12.4. The molecule has 1 rings (SSSR count). The van der Waals surface area contributed by atoms with Crippen molar-refractivity contribution in [3.05, 3.63) is 29.8 Å². The molecule has 1 amide bonds. The second kappa shape index (κ2) is 7.77. The Morgan fingerprint density at radius 1 is 1.15 bits per heavy atom. The van der Waals surface area contributed by atoms with E-state index in [9.17, 15) is 18.0 Å². The lowest BCUT2D eigenvalue weighted by molar-refractivity contribution is -0.137. The lowest BCUT2D eigenvalue weighted by atomic mass is 10.2. The molecule has 0 radical (unpaired) electrons. The van der Waals surface area contributed by atoms with Gasteiger partial charge >= 0.3 is 6.18 Å². The van der Waals surface area contributed by atoms with Gasteiger partial charge in [-0.25, -0.2) is 0 Å². The predicted octanol–water partition coefficient (Wildman–Crippen LogP) is 3.42. The third-order valence-electron chi connectivity index (χ3n) is 2.77. The van der Waals surface area contributed by atoms with Crippen LogP contribution >= 0.6 is 0 Å². The smallest absolute Gasteiger partial charge is 0.376 e. The van der Waals surface area contributed by atoms with E-state index < -0.39 is 11.7 Å². The largest absolute Gasteiger partial charge is 0.416 e. The summed E-state index contributed by atoms with van der Waals surface area (Å²) in [4.78, 5) is 11.5. The molecule has 1 aromatic carbocycles. The summed E-state index contributed by atoms with van der Waals surface area (Å²) >= 11 is 0. The molecule has 0 saturated carbocycles. The summed E-state index contributed by atoms with van der Waals surface area (Å²) in [6, 6.07) is 4.60. The van der Waals surface area contributed by atoms with Crippen LogP contribution < -0.4 is 10.6 Å². The molecule has 0 aliphatic heterocycles. The van der Waals surface area contributed by atoms with E-state index in [2.05, 4.69) is 17.6 Å². The van der Waals surface area contributed by atoms with Crippen LogP contribution in [0.4, 0.5) is 18.9 Å². The Bertz CT molecular complexity index is 415. The van der Waals surface area contributed by atoms with Crippen molar-refractivity contribution in [1.29, 1.82) is 0 Å². The fourth-order valence-electron chi connectivity index (χ4n) is 1.62. The number of halogens is 3. The highest BCUT2D eigenvalue weighted by Crippen LogP contribution is 2.29. The molecule has 2 N–H and O–H groups in total. The van der Waals surface area contributed by atoms with Crippen LogP contribution in [0.25, 0.3) is 0 Å². The number of rotatable bonds is 7. The van der Waals surface area contributed by atoms with Crippen LogP contribution in [0.2, 0.25) is 0 Å². The summed E-state index contributed by atoms with van der Waals surface area (Å²) in [6.07, 6.45) is -1.26. The zero-order chi connectivity index (χ0) is 15.0. The van der Waals surface area contributed by atoms with Gasteiger partial charge in [-0.1, -0.05) is 19.8 Å². The van der Waals surface area contributed by atoms with Crippen molar-refractivity contribution in [2.75, 3.05) is 18.4 Å². The van der Waals surface area contributed by atoms with Crippen molar-refractivity contribution in [3.63, 3.8) is 0 Å². The average Bonchev–Trinajstić information content (AvgIpc) is 2.41. The van der Waals surface area contributed by atoms with E-state index in [1.165, 1.54) is 12.1 Å². The normalized spacial score (nSPS) is 11.2. The van der Waals surface area contributed by atoms with Crippen molar-refractivity contribution in [1.82, 2.24) is 5.32 Å². The summed E-state index contributed by atoms with van der Waals surface area (Å²) < 4.78 is 37.1. The van der Waals surface area contributed by atoms with Gasteiger partial charge in [0.2, 0.25) is 5.91 Å². The summed E-state index contributed by atoms with van der Waals surface area (Å²) in [5.41, 5.74) is -0.214. The van der Waals surface area contributed by atoms with E-state index in [4.69, 9.17) is 0 Å². The highest BCUT2D eigenvalue weighted by molar-refractivity contribution is 5.80. The van der Waals surface area contributed by atoms with E-state index in [1.54, 1.807) is 0 Å². The summed E-state index contributed by atoms with van der Waals surface area (Å²) in [5, 5.41) is 5.53. The second-order valence-electron chi connectivity index (χ2n) is 4.49. The van der Waals surface area contributed by atoms with Crippen LogP contribution in [0.1, 0.15) is 31.7 Å². The Morgan fingerprint density at radius 2 is 1.80 bits per heavy atom. The van der Waals surface area contributed by atoms with E-state index in [-0.39, 0.29) is 12.5 Å². The van der Waals surface area contributed by atoms with Gasteiger partial charge in [-0.15, -0.1) is 0 Å². The van der Waals surface area contributed by atoms with Crippen LogP contribution in [0.15, 0.2) is 24.3 Å². The topological polar surface area (TPSA) is 41.1 Å². The molecule has 0 unspecified atom stereocenters. The van der Waals surface area contributed by atoms with E-state index in [1.807, 2.05) is 0 Å². The number of carbonyl (C=O) groups excluding carboxylic acids is 1. The number of unbranched alkanes of at least 4 members (excludes halogenated alkanes) is 2. The SMILES string of the molecule is CCCCCNC(=O)CNc1ccc(C(F)(F)F)cc1. The molecule has 6 heteroatoms. The maximum Gasteiger partial charge on any atom is 0.416 e. The van der Waals surface area contributed by atoms with Crippen molar-refractivity contribution < 1.29 is 18.0 Å². The third-order valence-corrected chi connectivity index (χ3v) is 2.77. The van der Waals surface area contributed by atoms with Gasteiger partial charge in [0.15, 0.2) is 0 Å². The standard InChI is InChI=1S/C14H19F3N2O/c1-2-3-4-9-18-13(20)10-19-12-7-5-11(6-8-12)14(15,16)17/h5-8,19H,2-4,9-10H2,1H3,(H,18,20). The molecular weight excluding hydrogens is 269 g/mol. The van der Waals surface area contributed by atoms with E-state index in [0.29, 0.717) is 12.2 Å². The number of benzene rings is 1. The van der Waals surface area contributed by atoms with Crippen molar-refractivity contribution in [3.8, 4) is 0 Å². The Kier molecular flexibility index (Phi) is 6.35. The molecule has 112 valence electrons. The number of amides is 1. The highest BCUT2D eigenvalue weighted by Gasteiger charge is 2.29. The summed E-state index contributed by atoms with van der Waals surface area (Å²) in [6.45, 7) is 2.76. The van der Waals surface area contributed by atoms with E-state index >= 15 is 0 Å². The molecule has 0 saturated heterocycles. The van der Waals surface area contributed by atoms with Gasteiger partial charge in [-0.05, 0) is 30.7 Å². The predicted molar refractivity (Wildman–Crippen MR) is 72.5 cm³/mol. The van der Waals surface area contributed by atoms with Crippen molar-refractivity contribution in [2.45, 2.75) is 32.4 Å². The molecule has 0 spiro atoms. The molecule has 0 fully saturated rings. The van der Waals surface area contributed by atoms with Gasteiger partial charge in [0.05, 0.1) is 12.1 Å². The van der Waals surface area contributed by atoms with E-state index in [0.717, 1.165) is 31.4 Å². The number of nitrogens with one attached hydrogen (secondary N) is 2. The van der Waals surface area contributed by atoms with Crippen molar-refractivity contribution in [2.24, 2.45) is 0 Å². The zero-order valence-corrected chi connectivity index (χ0v) is 11.4. The number of hydrogen-bond donors (Lipinski definition) is 2. The van der Waals surface area contributed by atoms with Crippen LogP contribution in [0.3, 0.4) is 0 Å². The van der Waals surface area contributed by atoms with Crippen LogP contribution in [0.5, 0.6) is 0 Å². The molecule has 20 heavy (non-hydrogen) atoms. The molecule has 0 heterocycles. The third kappa shape index (κ3) is 5.95. The number of carbonyl (C=O) groups is 1. The first kappa shape index (κ1) is 16.3. The number of anilines is 1. The molecule has 0 atom stereocenters. The van der Waals surface area contributed by atoms with Gasteiger partial charge < -0.3 is 10.6 Å². The summed E-state index contributed by atoms with van der Waals surface area (Å²) in [5.74, 6) is -0.166. The zero-order valence-electron chi connectivity index (χ0n) is 11.4. The number of alkyl halides is 3. The first-order valence-corrected chi connectivity index (χ1v) is 6.61. The Morgan fingerprint density at radius 3 is 2.35 bits per heavy atom. The maximum atomic E-state index is 12.4. The average molecular weight is 288 g/mol. The minimum Gasteiger partial charge on any atom is -0.376 e. The molecular formula is C14H19F3N2O. The van der Waals surface area contributed by atoms with Gasteiger partial charge in [-0.2, -0.15) is 13.2 Å². The van der Waals surface area contributed by atoms with Crippen molar-refractivity contribution >= 4 is 11.6 Å². The molecule has 0 aliphatic rings. The molecule has 0 aromatic heterocycles. The van der Waals surface area contributed by atoms with Gasteiger partial charge in [0.25, 0.3) is 0 Å². The fraction of sp³-hybridized carbons (Fsp3) is 0.500. The first-order chi connectivity index (χ1) is 9.43.